The third-order valence-corrected chi connectivity index (χ3v) is 3.47. The average molecular weight is 255 g/mol. The normalized spacial score (nSPS) is 13.7. The molecule has 0 unspecified atom stereocenters. The largest absolute Gasteiger partial charge is 0.340 e. The maximum Gasteiger partial charge on any atom is 0.145 e. The second-order valence-corrected chi connectivity index (χ2v) is 4.71. The zero-order valence-electron chi connectivity index (χ0n) is 10.7. The first-order chi connectivity index (χ1) is 9.36. The van der Waals surface area contributed by atoms with Crippen molar-refractivity contribution in [3.63, 3.8) is 0 Å². The van der Waals surface area contributed by atoms with Crippen LogP contribution in [-0.4, -0.2) is 9.97 Å². The number of fused-ring (bicyclic) bond motifs is 1. The van der Waals surface area contributed by atoms with E-state index in [1.165, 1.54) is 36.7 Å². The molecule has 0 aliphatic heterocycles. The Kier molecular flexibility index (Phi) is 3.29. The Labute approximate surface area is 112 Å². The number of hydrogen-bond donors (Lipinski definition) is 3. The molecule has 1 heterocycles. The van der Waals surface area contributed by atoms with Crippen LogP contribution in [0.15, 0.2) is 30.6 Å². The summed E-state index contributed by atoms with van der Waals surface area (Å²) in [5.74, 6) is 6.71. The van der Waals surface area contributed by atoms with Crippen LogP contribution in [0.25, 0.3) is 0 Å². The van der Waals surface area contributed by atoms with E-state index in [-0.39, 0.29) is 0 Å². The van der Waals surface area contributed by atoms with Crippen LogP contribution < -0.4 is 16.6 Å². The summed E-state index contributed by atoms with van der Waals surface area (Å²) < 4.78 is 0. The van der Waals surface area contributed by atoms with Gasteiger partial charge >= 0.3 is 0 Å². The van der Waals surface area contributed by atoms with Gasteiger partial charge in [-0.15, -0.1) is 0 Å². The highest BCUT2D eigenvalue weighted by Crippen LogP contribution is 2.29. The number of nitrogens with one attached hydrogen (secondary N) is 2. The van der Waals surface area contributed by atoms with Crippen LogP contribution in [0.1, 0.15) is 24.0 Å². The van der Waals surface area contributed by atoms with Crippen molar-refractivity contribution in [3.8, 4) is 0 Å². The van der Waals surface area contributed by atoms with Crippen molar-refractivity contribution in [2.24, 2.45) is 5.84 Å². The van der Waals surface area contributed by atoms with Crippen molar-refractivity contribution in [1.29, 1.82) is 0 Å². The highest BCUT2D eigenvalue weighted by molar-refractivity contribution is 5.64. The molecule has 0 atom stereocenters. The lowest BCUT2D eigenvalue weighted by Crippen LogP contribution is -2.10. The van der Waals surface area contributed by atoms with Gasteiger partial charge in [-0.3, -0.25) is 0 Å². The van der Waals surface area contributed by atoms with Crippen molar-refractivity contribution in [2.45, 2.75) is 25.7 Å². The SMILES string of the molecule is NNc1cc(Nc2cccc3c2CCCC3)ncn1. The smallest absolute Gasteiger partial charge is 0.145 e. The zero-order chi connectivity index (χ0) is 13.1. The van der Waals surface area contributed by atoms with Crippen LogP contribution in [-0.2, 0) is 12.8 Å². The zero-order valence-corrected chi connectivity index (χ0v) is 10.7. The molecule has 0 bridgehead atoms. The van der Waals surface area contributed by atoms with Gasteiger partial charge in [-0.25, -0.2) is 15.8 Å². The summed E-state index contributed by atoms with van der Waals surface area (Å²) in [6.45, 7) is 0. The monoisotopic (exact) mass is 255 g/mol. The van der Waals surface area contributed by atoms with Gasteiger partial charge in [-0.05, 0) is 42.9 Å². The minimum atomic E-state index is 0.599. The van der Waals surface area contributed by atoms with Crippen LogP contribution in [0.2, 0.25) is 0 Å². The fourth-order valence-electron chi connectivity index (χ4n) is 2.54. The van der Waals surface area contributed by atoms with Crippen molar-refractivity contribution in [1.82, 2.24) is 9.97 Å². The van der Waals surface area contributed by atoms with Gasteiger partial charge in [0.25, 0.3) is 0 Å². The third-order valence-electron chi connectivity index (χ3n) is 3.47. The molecule has 0 saturated heterocycles. The predicted molar refractivity (Wildman–Crippen MR) is 76.2 cm³/mol. The number of anilines is 3. The Morgan fingerprint density at radius 2 is 1.89 bits per heavy atom. The number of hydrazine groups is 1. The minimum absolute atomic E-state index is 0.599. The molecule has 1 aromatic carbocycles. The first-order valence-corrected chi connectivity index (χ1v) is 6.53. The third kappa shape index (κ3) is 2.51. The van der Waals surface area contributed by atoms with Gasteiger partial charge in [0.05, 0.1) is 0 Å². The van der Waals surface area contributed by atoms with Crippen LogP contribution in [0.4, 0.5) is 17.3 Å². The van der Waals surface area contributed by atoms with Crippen molar-refractivity contribution >= 4 is 17.3 Å². The lowest BCUT2D eigenvalue weighted by molar-refractivity contribution is 0.687. The van der Waals surface area contributed by atoms with E-state index in [1.54, 1.807) is 6.07 Å². The summed E-state index contributed by atoms with van der Waals surface area (Å²) in [6.07, 6.45) is 6.33. The fraction of sp³-hybridized carbons (Fsp3) is 0.286. The molecular weight excluding hydrogens is 238 g/mol. The first-order valence-electron chi connectivity index (χ1n) is 6.53. The van der Waals surface area contributed by atoms with E-state index < -0.39 is 0 Å². The van der Waals surface area contributed by atoms with Crippen LogP contribution in [0, 0.1) is 0 Å². The molecule has 2 aromatic rings. The Morgan fingerprint density at radius 3 is 2.79 bits per heavy atom. The van der Waals surface area contributed by atoms with E-state index >= 15 is 0 Å². The fourth-order valence-corrected chi connectivity index (χ4v) is 2.54. The summed E-state index contributed by atoms with van der Waals surface area (Å²) in [6, 6.07) is 8.20. The van der Waals surface area contributed by atoms with Crippen molar-refractivity contribution in [2.75, 3.05) is 10.7 Å². The van der Waals surface area contributed by atoms with Crippen molar-refractivity contribution in [3.05, 3.63) is 41.7 Å². The van der Waals surface area contributed by atoms with Crippen LogP contribution in [0.3, 0.4) is 0 Å². The van der Waals surface area contributed by atoms with Gasteiger partial charge in [-0.1, -0.05) is 12.1 Å². The molecule has 1 aromatic heterocycles. The molecule has 5 heteroatoms. The molecule has 0 radical (unpaired) electrons. The molecular formula is C14H17N5. The molecule has 1 aliphatic rings. The molecule has 0 amide bonds. The van der Waals surface area contributed by atoms with E-state index in [2.05, 4.69) is 38.9 Å². The highest BCUT2D eigenvalue weighted by Gasteiger charge is 2.13. The summed E-state index contributed by atoms with van der Waals surface area (Å²) in [5, 5.41) is 3.36. The lowest BCUT2D eigenvalue weighted by Gasteiger charge is -2.19. The van der Waals surface area contributed by atoms with Crippen molar-refractivity contribution < 1.29 is 0 Å². The van der Waals surface area contributed by atoms with Gasteiger partial charge in [0, 0.05) is 11.8 Å². The molecule has 4 N–H and O–H groups in total. The molecule has 1 aliphatic carbocycles. The second kappa shape index (κ2) is 5.24. The Morgan fingerprint density at radius 1 is 1.05 bits per heavy atom. The van der Waals surface area contributed by atoms with E-state index in [9.17, 15) is 0 Å². The van der Waals surface area contributed by atoms with Crippen LogP contribution in [0.5, 0.6) is 0 Å². The van der Waals surface area contributed by atoms with Gasteiger partial charge in [-0.2, -0.15) is 0 Å². The summed E-state index contributed by atoms with van der Waals surface area (Å²) in [4.78, 5) is 8.21. The Bertz CT molecular complexity index is 582. The number of nitrogen functional groups attached to an aromatic ring is 1. The van der Waals surface area contributed by atoms with E-state index in [0.29, 0.717) is 5.82 Å². The maximum atomic E-state index is 5.35. The molecule has 0 fully saturated rings. The predicted octanol–water partition coefficient (Wildman–Crippen LogP) is 2.38. The molecule has 19 heavy (non-hydrogen) atoms. The minimum Gasteiger partial charge on any atom is -0.340 e. The number of rotatable bonds is 3. The number of aromatic nitrogens is 2. The maximum absolute atomic E-state index is 5.35. The molecule has 0 spiro atoms. The van der Waals surface area contributed by atoms with Gasteiger partial charge in [0.1, 0.15) is 18.0 Å². The molecule has 0 saturated carbocycles. The van der Waals surface area contributed by atoms with Gasteiger partial charge in [0.2, 0.25) is 0 Å². The lowest BCUT2D eigenvalue weighted by atomic mass is 9.90. The number of aryl methyl sites for hydroxylation is 1. The average Bonchev–Trinajstić information content (AvgIpc) is 2.48. The summed E-state index contributed by atoms with van der Waals surface area (Å²) in [5.41, 5.74) is 6.52. The Hall–Kier alpha value is -2.14. The number of benzene rings is 1. The molecule has 5 nitrogen and oxygen atoms in total. The van der Waals surface area contributed by atoms with Crippen LogP contribution >= 0.6 is 0 Å². The number of hydrogen-bond acceptors (Lipinski definition) is 5. The van der Waals surface area contributed by atoms with E-state index in [4.69, 9.17) is 5.84 Å². The topological polar surface area (TPSA) is 75.9 Å². The summed E-state index contributed by atoms with van der Waals surface area (Å²) >= 11 is 0. The number of nitrogens with zero attached hydrogens (tertiary/aromatic N) is 2. The van der Waals surface area contributed by atoms with Gasteiger partial charge in [0.15, 0.2) is 0 Å². The number of nitrogens with two attached hydrogens (primary N) is 1. The Balaban J connectivity index is 1.90. The quantitative estimate of drug-likeness (QED) is 0.580. The highest BCUT2D eigenvalue weighted by atomic mass is 15.3. The van der Waals surface area contributed by atoms with E-state index in [0.717, 1.165) is 17.9 Å². The van der Waals surface area contributed by atoms with E-state index in [1.807, 2.05) is 0 Å². The molecule has 98 valence electrons. The first kappa shape index (κ1) is 11.9. The standard InChI is InChI=1S/C14H17N5/c15-19-14-8-13(16-9-17-14)18-12-7-3-5-10-4-1-2-6-11(10)12/h3,5,7-9H,1-2,4,6,15H2,(H2,16,17,18,19). The second-order valence-electron chi connectivity index (χ2n) is 4.71. The molecule has 3 rings (SSSR count). The summed E-state index contributed by atoms with van der Waals surface area (Å²) in [7, 11) is 0. The van der Waals surface area contributed by atoms with Gasteiger partial charge < -0.3 is 10.7 Å².